The maximum atomic E-state index is 13.6. The van der Waals surface area contributed by atoms with E-state index in [0.717, 1.165) is 54.4 Å². The second-order valence-electron chi connectivity index (χ2n) is 13.8. The van der Waals surface area contributed by atoms with Gasteiger partial charge in [0, 0.05) is 18.2 Å². The number of hydrogen-bond donors (Lipinski definition) is 1. The molecule has 2 aliphatic rings. The van der Waals surface area contributed by atoms with Gasteiger partial charge in [0.05, 0.1) is 30.8 Å². The zero-order chi connectivity index (χ0) is 35.5. The van der Waals surface area contributed by atoms with Crippen molar-refractivity contribution in [1.29, 1.82) is 0 Å². The first kappa shape index (κ1) is 37.3. The van der Waals surface area contributed by atoms with Gasteiger partial charge in [-0.2, -0.15) is 26.3 Å². The molecule has 1 fully saturated rings. The standard InChI is InChI=1S/C36H43F6NO5/c1-22(31(48-21-44)24-15-26(35(37,38)39)17-27(16-24)36(40,41)42)43-20-25-19-33(2,3)13-10-28(25)29-14-23(8-9-30(29)46-4)18-34(32(45)47-5)11-6-7-12-34/h8-9,14-17,21-22,31,43H,6-7,10-13,18-20H2,1-5H3/t22-,31-/m0/s1. The Balaban J connectivity index is 1.70. The van der Waals surface area contributed by atoms with E-state index in [0.29, 0.717) is 37.1 Å². The molecule has 0 spiro atoms. The summed E-state index contributed by atoms with van der Waals surface area (Å²) in [5.41, 5.74) is -0.265. The van der Waals surface area contributed by atoms with Crippen LogP contribution in [0, 0.1) is 10.8 Å². The predicted octanol–water partition coefficient (Wildman–Crippen LogP) is 8.86. The monoisotopic (exact) mass is 683 g/mol. The molecule has 2 aliphatic carbocycles. The fourth-order valence-electron chi connectivity index (χ4n) is 7.20. The molecule has 0 heterocycles. The molecule has 2 aromatic carbocycles. The van der Waals surface area contributed by atoms with Crippen LogP contribution in [-0.4, -0.2) is 39.2 Å². The highest BCUT2D eigenvalue weighted by Gasteiger charge is 2.43. The van der Waals surface area contributed by atoms with Gasteiger partial charge in [-0.1, -0.05) is 38.3 Å². The number of ether oxygens (including phenoxy) is 3. The summed E-state index contributed by atoms with van der Waals surface area (Å²) < 4.78 is 97.7. The van der Waals surface area contributed by atoms with E-state index in [1.165, 1.54) is 7.11 Å². The first-order valence-electron chi connectivity index (χ1n) is 16.0. The molecule has 12 heteroatoms. The molecule has 2 atom stereocenters. The van der Waals surface area contributed by atoms with Crippen LogP contribution < -0.4 is 10.1 Å². The largest absolute Gasteiger partial charge is 0.496 e. The van der Waals surface area contributed by atoms with Gasteiger partial charge in [0.15, 0.2) is 0 Å². The van der Waals surface area contributed by atoms with Crippen molar-refractivity contribution >= 4 is 18.0 Å². The van der Waals surface area contributed by atoms with Crippen LogP contribution in [0.2, 0.25) is 0 Å². The molecular weight excluding hydrogens is 640 g/mol. The van der Waals surface area contributed by atoms with E-state index >= 15 is 0 Å². The van der Waals surface area contributed by atoms with Crippen molar-refractivity contribution in [2.24, 2.45) is 10.8 Å². The lowest BCUT2D eigenvalue weighted by molar-refractivity contribution is -0.152. The Kier molecular flexibility index (Phi) is 11.3. The first-order valence-corrected chi connectivity index (χ1v) is 16.0. The van der Waals surface area contributed by atoms with Crippen molar-refractivity contribution in [3.05, 3.63) is 69.8 Å². The van der Waals surface area contributed by atoms with Crippen LogP contribution in [0.3, 0.4) is 0 Å². The van der Waals surface area contributed by atoms with E-state index < -0.39 is 46.6 Å². The third kappa shape index (κ3) is 8.54. The third-order valence-corrected chi connectivity index (χ3v) is 9.71. The number of esters is 1. The fourth-order valence-corrected chi connectivity index (χ4v) is 7.20. The fraction of sp³-hybridized carbons (Fsp3) is 0.556. The lowest BCUT2D eigenvalue weighted by Crippen LogP contribution is -2.36. The Bertz CT molecular complexity index is 1470. The van der Waals surface area contributed by atoms with Gasteiger partial charge in [-0.3, -0.25) is 9.59 Å². The van der Waals surface area contributed by atoms with E-state index in [-0.39, 0.29) is 30.5 Å². The van der Waals surface area contributed by atoms with Gasteiger partial charge in [-0.15, -0.1) is 0 Å². The lowest BCUT2D eigenvalue weighted by atomic mass is 9.72. The number of methoxy groups -OCH3 is 2. The minimum absolute atomic E-state index is 0.0204. The molecule has 0 saturated heterocycles. The summed E-state index contributed by atoms with van der Waals surface area (Å²) in [6, 6.07) is 6.21. The summed E-state index contributed by atoms with van der Waals surface area (Å²) in [4.78, 5) is 24.3. The van der Waals surface area contributed by atoms with Gasteiger partial charge in [0.1, 0.15) is 11.9 Å². The molecule has 0 aliphatic heterocycles. The summed E-state index contributed by atoms with van der Waals surface area (Å²) in [5.74, 6) is 0.424. The van der Waals surface area contributed by atoms with Gasteiger partial charge in [0.2, 0.25) is 0 Å². The van der Waals surface area contributed by atoms with E-state index in [4.69, 9.17) is 14.2 Å². The molecule has 264 valence electrons. The van der Waals surface area contributed by atoms with E-state index in [9.17, 15) is 35.9 Å². The highest BCUT2D eigenvalue weighted by molar-refractivity contribution is 5.78. The predicted molar refractivity (Wildman–Crippen MR) is 168 cm³/mol. The molecule has 0 unspecified atom stereocenters. The van der Waals surface area contributed by atoms with Crippen LogP contribution in [0.15, 0.2) is 42.0 Å². The molecule has 1 saturated carbocycles. The van der Waals surface area contributed by atoms with Crippen molar-refractivity contribution in [1.82, 2.24) is 5.32 Å². The van der Waals surface area contributed by atoms with Crippen LogP contribution in [0.25, 0.3) is 5.57 Å². The lowest BCUT2D eigenvalue weighted by Gasteiger charge is -2.35. The van der Waals surface area contributed by atoms with Gasteiger partial charge in [-0.25, -0.2) is 0 Å². The van der Waals surface area contributed by atoms with Crippen LogP contribution in [0.5, 0.6) is 5.75 Å². The van der Waals surface area contributed by atoms with Crippen molar-refractivity contribution in [2.75, 3.05) is 20.8 Å². The number of hydrogen-bond acceptors (Lipinski definition) is 6. The summed E-state index contributed by atoms with van der Waals surface area (Å²) in [6.07, 6.45) is -5.44. The number of allylic oxidation sites excluding steroid dienone is 1. The second-order valence-corrected chi connectivity index (χ2v) is 13.8. The van der Waals surface area contributed by atoms with Gasteiger partial charge in [-0.05, 0) is 97.9 Å². The molecular formula is C36H43F6NO5. The minimum Gasteiger partial charge on any atom is -0.496 e. The minimum atomic E-state index is -5.05. The maximum absolute atomic E-state index is 13.6. The molecule has 0 bridgehead atoms. The van der Waals surface area contributed by atoms with E-state index in [1.807, 2.05) is 18.2 Å². The average molecular weight is 684 g/mol. The first-order chi connectivity index (χ1) is 22.4. The highest BCUT2D eigenvalue weighted by atomic mass is 19.4. The zero-order valence-electron chi connectivity index (χ0n) is 27.9. The van der Waals surface area contributed by atoms with Crippen LogP contribution in [0.4, 0.5) is 26.3 Å². The average Bonchev–Trinajstić information content (AvgIpc) is 3.50. The van der Waals surface area contributed by atoms with Crippen LogP contribution in [0.1, 0.15) is 99.6 Å². The SMILES string of the molecule is COC(=O)C1(Cc2ccc(OC)c(C3=C(CN[C@@H](C)[C@H](OC=O)c4cc(C(F)(F)F)cc(C(F)(F)F)c4)CC(C)(C)CC3)c2)CCCC1. The number of benzene rings is 2. The second kappa shape index (κ2) is 14.5. The van der Waals surface area contributed by atoms with E-state index in [1.54, 1.807) is 14.0 Å². The van der Waals surface area contributed by atoms with Crippen molar-refractivity contribution in [3.8, 4) is 5.75 Å². The normalized spacial score (nSPS) is 19.1. The van der Waals surface area contributed by atoms with Gasteiger partial charge < -0.3 is 19.5 Å². The summed E-state index contributed by atoms with van der Waals surface area (Å²) in [7, 11) is 2.98. The maximum Gasteiger partial charge on any atom is 0.416 e. The summed E-state index contributed by atoms with van der Waals surface area (Å²) in [6.45, 7) is 6.04. The number of halogens is 6. The Labute approximate surface area is 277 Å². The molecule has 4 rings (SSSR count). The summed E-state index contributed by atoms with van der Waals surface area (Å²) >= 11 is 0. The Morgan fingerprint density at radius 1 is 0.958 bits per heavy atom. The van der Waals surface area contributed by atoms with Crippen molar-refractivity contribution in [3.63, 3.8) is 0 Å². The number of rotatable bonds is 12. The molecule has 0 aromatic heterocycles. The zero-order valence-corrected chi connectivity index (χ0v) is 27.9. The van der Waals surface area contributed by atoms with Crippen LogP contribution in [-0.2, 0) is 37.8 Å². The number of alkyl halides is 6. The summed E-state index contributed by atoms with van der Waals surface area (Å²) in [5, 5.41) is 3.22. The molecule has 48 heavy (non-hydrogen) atoms. The Hall–Kier alpha value is -3.54. The molecule has 0 amide bonds. The van der Waals surface area contributed by atoms with Gasteiger partial charge >= 0.3 is 18.3 Å². The smallest absolute Gasteiger partial charge is 0.416 e. The quantitative estimate of drug-likeness (QED) is 0.137. The molecule has 1 N–H and O–H groups in total. The topological polar surface area (TPSA) is 73.9 Å². The number of carbonyl (C=O) groups is 2. The molecule has 2 aromatic rings. The van der Waals surface area contributed by atoms with Crippen LogP contribution >= 0.6 is 0 Å². The third-order valence-electron chi connectivity index (χ3n) is 9.71. The van der Waals surface area contributed by atoms with Crippen molar-refractivity contribution in [2.45, 2.75) is 96.6 Å². The molecule has 6 nitrogen and oxygen atoms in total. The van der Waals surface area contributed by atoms with Crippen molar-refractivity contribution < 1.29 is 50.1 Å². The Morgan fingerprint density at radius 2 is 1.58 bits per heavy atom. The number of carbonyl (C=O) groups excluding carboxylic acids is 2. The molecule has 0 radical (unpaired) electrons. The number of nitrogens with one attached hydrogen (secondary N) is 1. The highest BCUT2D eigenvalue weighted by Crippen LogP contribution is 2.47. The van der Waals surface area contributed by atoms with Gasteiger partial charge in [0.25, 0.3) is 6.47 Å². The van der Waals surface area contributed by atoms with E-state index in [2.05, 4.69) is 19.2 Å². The Morgan fingerprint density at radius 3 is 2.12 bits per heavy atom.